The zero-order valence-electron chi connectivity index (χ0n) is 47.2. The molecule has 0 aliphatic rings. The molecule has 0 aliphatic heterocycles. The summed E-state index contributed by atoms with van der Waals surface area (Å²) in [6.07, 6.45) is 54.5. The number of aliphatic hydroxyl groups is 1. The summed E-state index contributed by atoms with van der Waals surface area (Å²) in [5.74, 6) is -1.44. The Morgan fingerprint density at radius 3 is 0.958 bits per heavy atom. The molecule has 0 saturated carbocycles. The Bertz CT molecular complexity index is 1260. The molecule has 11 nitrogen and oxygen atoms in total. The maximum Gasteiger partial charge on any atom is 0.472 e. The van der Waals surface area contributed by atoms with Gasteiger partial charge in [0.1, 0.15) is 12.7 Å². The number of phosphoric acid groups is 1. The number of hydrogen-bond acceptors (Lipinski definition) is 10. The van der Waals surface area contributed by atoms with Crippen LogP contribution in [0.2, 0.25) is 0 Å². The van der Waals surface area contributed by atoms with Gasteiger partial charge in [-0.05, 0) is 44.9 Å². The Kier molecular flexibility index (Phi) is 54.1. The van der Waals surface area contributed by atoms with Crippen LogP contribution in [-0.4, -0.2) is 66.5 Å². The summed E-state index contributed by atoms with van der Waals surface area (Å²) in [5, 5.41) is 9.82. The van der Waals surface area contributed by atoms with E-state index in [0.717, 1.165) is 77.0 Å². The predicted molar refractivity (Wildman–Crippen MR) is 298 cm³/mol. The summed E-state index contributed by atoms with van der Waals surface area (Å²) in [6, 6.07) is 0. The molecule has 0 aromatic carbocycles. The Labute approximate surface area is 443 Å². The van der Waals surface area contributed by atoms with E-state index in [1.807, 2.05) is 0 Å². The first-order valence-corrected chi connectivity index (χ1v) is 32.1. The van der Waals surface area contributed by atoms with E-state index >= 15 is 0 Å². The summed E-state index contributed by atoms with van der Waals surface area (Å²) in [5.41, 5.74) is 0. The fraction of sp³-hybridized carbons (Fsp3) is 0.917. The monoisotopic (exact) mass is 1040 g/mol. The maximum atomic E-state index is 12.9. The zero-order chi connectivity index (χ0) is 52.7. The molecule has 3 atom stereocenters. The van der Waals surface area contributed by atoms with Gasteiger partial charge in [0.2, 0.25) is 0 Å². The van der Waals surface area contributed by atoms with Crippen LogP contribution in [0.15, 0.2) is 12.2 Å². The number of ether oxygens (including phenoxy) is 3. The van der Waals surface area contributed by atoms with Gasteiger partial charge in [0, 0.05) is 19.3 Å². The molecule has 426 valence electrons. The summed E-state index contributed by atoms with van der Waals surface area (Å²) < 4.78 is 39.6. The molecule has 0 heterocycles. The highest BCUT2D eigenvalue weighted by atomic mass is 31.2. The van der Waals surface area contributed by atoms with Crippen LogP contribution >= 0.6 is 7.82 Å². The fourth-order valence-corrected chi connectivity index (χ4v) is 9.78. The Balaban J connectivity index is 4.65. The third kappa shape index (κ3) is 53.1. The van der Waals surface area contributed by atoms with E-state index in [4.69, 9.17) is 23.3 Å². The van der Waals surface area contributed by atoms with Crippen LogP contribution in [0.1, 0.15) is 316 Å². The van der Waals surface area contributed by atoms with Crippen molar-refractivity contribution in [2.75, 3.05) is 26.4 Å². The minimum atomic E-state index is -4.74. The number of carbonyl (C=O) groups is 3. The summed E-state index contributed by atoms with van der Waals surface area (Å²) in [4.78, 5) is 48.6. The van der Waals surface area contributed by atoms with Crippen molar-refractivity contribution >= 4 is 25.7 Å². The normalized spacial score (nSPS) is 13.3. The summed E-state index contributed by atoms with van der Waals surface area (Å²) in [7, 11) is -4.74. The molecule has 0 saturated heterocycles. The predicted octanol–water partition coefficient (Wildman–Crippen LogP) is 18.0. The maximum absolute atomic E-state index is 12.9. The smallest absolute Gasteiger partial charge is 0.462 e. The highest BCUT2D eigenvalue weighted by Gasteiger charge is 2.28. The molecule has 0 fully saturated rings. The third-order valence-corrected chi connectivity index (χ3v) is 14.6. The number of unbranched alkanes of at least 4 members (excludes halogenated alkanes) is 39. The lowest BCUT2D eigenvalue weighted by Crippen LogP contribution is -2.30. The molecule has 0 aromatic rings. The van der Waals surface area contributed by atoms with Crippen molar-refractivity contribution in [3.63, 3.8) is 0 Å². The second-order valence-corrected chi connectivity index (χ2v) is 22.3. The molecular formula is C60H115O11P. The van der Waals surface area contributed by atoms with Crippen molar-refractivity contribution in [3.8, 4) is 0 Å². The largest absolute Gasteiger partial charge is 0.472 e. The van der Waals surface area contributed by atoms with Crippen LogP contribution in [0.25, 0.3) is 0 Å². The molecule has 0 rings (SSSR count). The highest BCUT2D eigenvalue weighted by Crippen LogP contribution is 2.43. The van der Waals surface area contributed by atoms with E-state index in [2.05, 4.69) is 32.9 Å². The van der Waals surface area contributed by atoms with Crippen molar-refractivity contribution in [2.45, 2.75) is 328 Å². The van der Waals surface area contributed by atoms with Crippen LogP contribution in [0, 0.1) is 0 Å². The van der Waals surface area contributed by atoms with Gasteiger partial charge in [-0.1, -0.05) is 264 Å². The van der Waals surface area contributed by atoms with Gasteiger partial charge >= 0.3 is 25.7 Å². The first kappa shape index (κ1) is 70.2. The average molecular weight is 1040 g/mol. The van der Waals surface area contributed by atoms with Crippen molar-refractivity contribution in [2.24, 2.45) is 0 Å². The lowest BCUT2D eigenvalue weighted by Gasteiger charge is -2.21. The first-order chi connectivity index (χ1) is 35.2. The number of carbonyl (C=O) groups excluding carboxylic acids is 3. The minimum absolute atomic E-state index is 0.173. The van der Waals surface area contributed by atoms with Gasteiger partial charge in [-0.25, -0.2) is 4.57 Å². The Morgan fingerprint density at radius 2 is 0.639 bits per heavy atom. The lowest BCUT2D eigenvalue weighted by molar-refractivity contribution is -0.161. The van der Waals surface area contributed by atoms with Gasteiger partial charge in [0.25, 0.3) is 0 Å². The highest BCUT2D eigenvalue weighted by molar-refractivity contribution is 7.47. The van der Waals surface area contributed by atoms with E-state index in [-0.39, 0.29) is 25.9 Å². The molecule has 12 heteroatoms. The second-order valence-electron chi connectivity index (χ2n) is 20.9. The zero-order valence-corrected chi connectivity index (χ0v) is 48.1. The van der Waals surface area contributed by atoms with Crippen LogP contribution in [0.4, 0.5) is 0 Å². The van der Waals surface area contributed by atoms with Crippen LogP contribution in [-0.2, 0) is 42.2 Å². The molecule has 0 amide bonds. The van der Waals surface area contributed by atoms with Crippen molar-refractivity contribution in [3.05, 3.63) is 12.2 Å². The third-order valence-electron chi connectivity index (χ3n) is 13.7. The number of allylic oxidation sites excluding steroid dienone is 2. The van der Waals surface area contributed by atoms with Gasteiger partial charge in [0.15, 0.2) is 6.10 Å². The summed E-state index contributed by atoms with van der Waals surface area (Å²) >= 11 is 0. The van der Waals surface area contributed by atoms with Gasteiger partial charge in [-0.3, -0.25) is 23.4 Å². The number of aliphatic hydroxyl groups excluding tert-OH is 1. The van der Waals surface area contributed by atoms with Crippen molar-refractivity contribution in [1.82, 2.24) is 0 Å². The molecule has 2 N–H and O–H groups in total. The van der Waals surface area contributed by atoms with Gasteiger partial charge in [-0.2, -0.15) is 0 Å². The Morgan fingerprint density at radius 1 is 0.375 bits per heavy atom. The number of esters is 3. The second kappa shape index (κ2) is 55.5. The Hall–Kier alpha value is -1.78. The molecule has 0 spiro atoms. The average Bonchev–Trinajstić information content (AvgIpc) is 3.37. The molecule has 3 unspecified atom stereocenters. The molecule has 0 aliphatic carbocycles. The van der Waals surface area contributed by atoms with Crippen LogP contribution in [0.5, 0.6) is 0 Å². The van der Waals surface area contributed by atoms with Crippen LogP contribution in [0.3, 0.4) is 0 Å². The first-order valence-electron chi connectivity index (χ1n) is 30.6. The fourth-order valence-electron chi connectivity index (χ4n) is 9.00. The summed E-state index contributed by atoms with van der Waals surface area (Å²) in [6.45, 7) is 4.70. The molecular weight excluding hydrogens is 928 g/mol. The molecule has 0 bridgehead atoms. The van der Waals surface area contributed by atoms with E-state index < -0.39 is 57.8 Å². The molecule has 0 radical (unpaired) electrons. The van der Waals surface area contributed by atoms with E-state index in [1.54, 1.807) is 0 Å². The van der Waals surface area contributed by atoms with Crippen molar-refractivity contribution < 1.29 is 52.2 Å². The van der Waals surface area contributed by atoms with E-state index in [0.29, 0.717) is 19.3 Å². The minimum Gasteiger partial charge on any atom is -0.462 e. The lowest BCUT2D eigenvalue weighted by atomic mass is 10.0. The van der Waals surface area contributed by atoms with Crippen molar-refractivity contribution in [1.29, 1.82) is 0 Å². The van der Waals surface area contributed by atoms with E-state index in [9.17, 15) is 28.9 Å². The standard InChI is InChI=1S/C60H115O11P/c1-4-7-10-13-16-19-22-25-27-28-30-33-36-39-42-45-48-51-60(64)71-57(53-67-58(62)49-46-43-40-37-34-31-24-21-18-15-12-9-6-3)55-69-72(65,66)68-54-56(52-61)70-59(63)50-47-44-41-38-35-32-29-26-23-20-17-14-11-8-5-2/h26,29,56-57,61H,4-25,27-28,30-55H2,1-3H3,(H,65,66)/b29-26-. The van der Waals surface area contributed by atoms with Gasteiger partial charge in [0.05, 0.1) is 19.8 Å². The van der Waals surface area contributed by atoms with Crippen LogP contribution < -0.4 is 0 Å². The number of phosphoric ester groups is 1. The topological polar surface area (TPSA) is 155 Å². The SMILES string of the molecule is CCCCCCCC/C=C\CCCCCCCC(=O)OC(CO)COP(=O)(O)OCC(COC(=O)CCCCCCCCCCCCCCC)OC(=O)CCCCCCCCCCCCCCCCCCC. The van der Waals surface area contributed by atoms with E-state index in [1.165, 1.54) is 180 Å². The van der Waals surface area contributed by atoms with Gasteiger partial charge < -0.3 is 24.2 Å². The molecule has 72 heavy (non-hydrogen) atoms. The quantitative estimate of drug-likeness (QED) is 0.0197. The number of rotatable bonds is 58. The number of hydrogen-bond donors (Lipinski definition) is 2. The molecule has 0 aromatic heterocycles. The van der Waals surface area contributed by atoms with Gasteiger partial charge in [-0.15, -0.1) is 0 Å².